The van der Waals surface area contributed by atoms with E-state index in [2.05, 4.69) is 52.0 Å². The van der Waals surface area contributed by atoms with Crippen LogP contribution in [0.1, 0.15) is 153 Å². The zero-order valence-corrected chi connectivity index (χ0v) is 24.9. The van der Waals surface area contributed by atoms with Crippen molar-refractivity contribution < 1.29 is 5.11 Å². The zero-order chi connectivity index (χ0) is 27.0. The fourth-order valence-corrected chi connectivity index (χ4v) is 7.07. The molecule has 210 valence electrons. The van der Waals surface area contributed by atoms with Gasteiger partial charge in [0.15, 0.2) is 5.82 Å². The van der Waals surface area contributed by atoms with Crippen LogP contribution >= 0.6 is 0 Å². The molecule has 3 nitrogen and oxygen atoms in total. The molecule has 0 spiro atoms. The number of hydrogen-bond acceptors (Lipinski definition) is 3. The van der Waals surface area contributed by atoms with E-state index in [1.165, 1.54) is 119 Å². The van der Waals surface area contributed by atoms with Crippen molar-refractivity contribution in [2.75, 3.05) is 6.61 Å². The molecule has 1 heterocycles. The highest BCUT2D eigenvalue weighted by molar-refractivity contribution is 5.60. The first-order valence-corrected chi connectivity index (χ1v) is 15.9. The van der Waals surface area contributed by atoms with E-state index in [4.69, 9.17) is 15.1 Å². The number of aliphatic hydroxyl groups is 1. The predicted octanol–water partition coefficient (Wildman–Crippen LogP) is 9.66. The van der Waals surface area contributed by atoms with E-state index in [0.717, 1.165) is 18.2 Å². The lowest BCUT2D eigenvalue weighted by atomic mass is 9.63. The van der Waals surface area contributed by atoms with Crippen molar-refractivity contribution in [1.82, 2.24) is 9.97 Å². The van der Waals surface area contributed by atoms with Gasteiger partial charge in [-0.25, -0.2) is 9.97 Å². The maximum atomic E-state index is 8.93. The normalized spacial score (nSPS) is 23.2. The monoisotopic (exact) mass is 518 g/mol. The molecule has 1 N–H and O–H groups in total. The summed E-state index contributed by atoms with van der Waals surface area (Å²) in [6, 6.07) is 9.21. The van der Waals surface area contributed by atoms with Crippen LogP contribution < -0.4 is 0 Å². The van der Waals surface area contributed by atoms with Crippen molar-refractivity contribution in [2.24, 2.45) is 5.92 Å². The minimum atomic E-state index is 0.201. The standard InChI is InChI=1S/C35H54N2O/c1-34(2)22-23-35(3,4)31-26-29(19-20-30(31)34)33-36-24-21-32(37-33)28-17-11-10-15-27(16-13-18-28)14-9-7-5-6-8-12-25-38/h19-21,24,26-28,38H,5-18,22-23,25H2,1-4H3. The molecule has 2 aliphatic carbocycles. The molecule has 0 saturated heterocycles. The number of aromatic nitrogens is 2. The fraction of sp³-hybridized carbons (Fsp3) is 0.714. The van der Waals surface area contributed by atoms with Crippen molar-refractivity contribution in [3.8, 4) is 11.4 Å². The van der Waals surface area contributed by atoms with Gasteiger partial charge in [0.25, 0.3) is 0 Å². The molecule has 0 radical (unpaired) electrons. The number of fused-ring (bicyclic) bond motifs is 1. The molecular weight excluding hydrogens is 464 g/mol. The summed E-state index contributed by atoms with van der Waals surface area (Å²) in [4.78, 5) is 9.94. The van der Waals surface area contributed by atoms with Gasteiger partial charge in [-0.3, -0.25) is 0 Å². The minimum absolute atomic E-state index is 0.201. The van der Waals surface area contributed by atoms with Gasteiger partial charge in [-0.15, -0.1) is 0 Å². The van der Waals surface area contributed by atoms with Crippen LogP contribution in [0.2, 0.25) is 0 Å². The zero-order valence-electron chi connectivity index (χ0n) is 24.9. The Morgan fingerprint density at radius 1 is 0.763 bits per heavy atom. The van der Waals surface area contributed by atoms with Crippen LogP contribution in [-0.2, 0) is 10.8 Å². The summed E-state index contributed by atoms with van der Waals surface area (Å²) < 4.78 is 0. The molecule has 1 saturated carbocycles. The molecule has 1 aromatic carbocycles. The second-order valence-electron chi connectivity index (χ2n) is 13.7. The van der Waals surface area contributed by atoms with Crippen LogP contribution in [0.3, 0.4) is 0 Å². The summed E-state index contributed by atoms with van der Waals surface area (Å²) in [6.07, 6.45) is 22.8. The molecule has 2 aromatic rings. The summed E-state index contributed by atoms with van der Waals surface area (Å²) >= 11 is 0. The van der Waals surface area contributed by atoms with E-state index in [1.807, 2.05) is 6.20 Å². The Morgan fingerprint density at radius 3 is 2.21 bits per heavy atom. The van der Waals surface area contributed by atoms with Gasteiger partial charge in [0, 0.05) is 30.0 Å². The number of unbranched alkanes of at least 4 members (excludes halogenated alkanes) is 5. The van der Waals surface area contributed by atoms with E-state index < -0.39 is 0 Å². The van der Waals surface area contributed by atoms with E-state index in [-0.39, 0.29) is 10.8 Å². The molecule has 38 heavy (non-hydrogen) atoms. The van der Waals surface area contributed by atoms with Crippen molar-refractivity contribution in [1.29, 1.82) is 0 Å². The highest BCUT2D eigenvalue weighted by Crippen LogP contribution is 2.46. The summed E-state index contributed by atoms with van der Waals surface area (Å²) in [5.74, 6) is 2.38. The highest BCUT2D eigenvalue weighted by Gasteiger charge is 2.37. The quantitative estimate of drug-likeness (QED) is 0.318. The van der Waals surface area contributed by atoms with Gasteiger partial charge in [0.1, 0.15) is 0 Å². The van der Waals surface area contributed by atoms with Crippen molar-refractivity contribution in [2.45, 2.75) is 147 Å². The summed E-state index contributed by atoms with van der Waals surface area (Å²) in [5.41, 5.74) is 5.86. The molecule has 0 aliphatic heterocycles. The first kappa shape index (κ1) is 29.2. The number of aliphatic hydroxyl groups excluding tert-OH is 1. The van der Waals surface area contributed by atoms with Gasteiger partial charge in [-0.2, -0.15) is 0 Å². The Labute approximate surface area is 233 Å². The average Bonchev–Trinajstić information content (AvgIpc) is 3.03. The molecule has 1 aromatic heterocycles. The van der Waals surface area contributed by atoms with Crippen LogP contribution in [0, 0.1) is 5.92 Å². The van der Waals surface area contributed by atoms with Crippen molar-refractivity contribution >= 4 is 0 Å². The Bertz CT molecular complexity index is 1010. The Morgan fingerprint density at radius 2 is 1.42 bits per heavy atom. The SMILES string of the molecule is CC1(C)CCC(C)(C)c2cc(-c3nccc(C4CCCCC(CCCCCCCCO)CCC4)n3)ccc21. The van der Waals surface area contributed by atoms with Gasteiger partial charge < -0.3 is 5.11 Å². The molecule has 4 rings (SSSR count). The van der Waals surface area contributed by atoms with E-state index in [9.17, 15) is 0 Å². The summed E-state index contributed by atoms with van der Waals surface area (Å²) in [5, 5.41) is 8.93. The lowest BCUT2D eigenvalue weighted by Crippen LogP contribution is -2.33. The molecule has 3 heteroatoms. The third-order valence-corrected chi connectivity index (χ3v) is 9.81. The van der Waals surface area contributed by atoms with Crippen LogP contribution in [-0.4, -0.2) is 21.7 Å². The summed E-state index contributed by atoms with van der Waals surface area (Å²) in [7, 11) is 0. The minimum Gasteiger partial charge on any atom is -0.396 e. The molecule has 2 aliphatic rings. The fourth-order valence-electron chi connectivity index (χ4n) is 7.07. The van der Waals surface area contributed by atoms with Crippen LogP contribution in [0.4, 0.5) is 0 Å². The van der Waals surface area contributed by atoms with Crippen molar-refractivity contribution in [3.05, 3.63) is 47.3 Å². The third kappa shape index (κ3) is 7.68. The number of hydrogen-bond donors (Lipinski definition) is 1. The van der Waals surface area contributed by atoms with Gasteiger partial charge >= 0.3 is 0 Å². The first-order chi connectivity index (χ1) is 18.3. The Kier molecular flexibility index (Phi) is 10.4. The van der Waals surface area contributed by atoms with Gasteiger partial charge in [-0.1, -0.05) is 110 Å². The molecule has 1 fully saturated rings. The molecular formula is C35H54N2O. The maximum absolute atomic E-state index is 8.93. The van der Waals surface area contributed by atoms with Gasteiger partial charge in [-0.05, 0) is 72.1 Å². The predicted molar refractivity (Wildman–Crippen MR) is 161 cm³/mol. The van der Waals surface area contributed by atoms with Crippen LogP contribution in [0.15, 0.2) is 30.5 Å². The maximum Gasteiger partial charge on any atom is 0.159 e. The van der Waals surface area contributed by atoms with E-state index in [0.29, 0.717) is 12.5 Å². The van der Waals surface area contributed by atoms with Gasteiger partial charge in [0.05, 0.1) is 0 Å². The first-order valence-electron chi connectivity index (χ1n) is 15.9. The second kappa shape index (κ2) is 13.6. The van der Waals surface area contributed by atoms with Crippen molar-refractivity contribution in [3.63, 3.8) is 0 Å². The molecule has 0 bridgehead atoms. The lowest BCUT2D eigenvalue weighted by Gasteiger charge is -2.42. The largest absolute Gasteiger partial charge is 0.396 e. The highest BCUT2D eigenvalue weighted by atomic mass is 16.2. The number of nitrogens with zero attached hydrogens (tertiary/aromatic N) is 2. The summed E-state index contributed by atoms with van der Waals surface area (Å²) in [6.45, 7) is 9.92. The molecule has 2 unspecified atom stereocenters. The topological polar surface area (TPSA) is 46.0 Å². The Balaban J connectivity index is 1.37. The van der Waals surface area contributed by atoms with Gasteiger partial charge in [0.2, 0.25) is 0 Å². The number of rotatable bonds is 10. The average molecular weight is 519 g/mol. The Hall–Kier alpha value is -1.74. The van der Waals surface area contributed by atoms with Crippen LogP contribution in [0.25, 0.3) is 11.4 Å². The number of benzene rings is 1. The van der Waals surface area contributed by atoms with E-state index >= 15 is 0 Å². The molecule has 0 amide bonds. The van der Waals surface area contributed by atoms with E-state index in [1.54, 1.807) is 0 Å². The second-order valence-corrected chi connectivity index (χ2v) is 13.7. The smallest absolute Gasteiger partial charge is 0.159 e. The van der Waals surface area contributed by atoms with Crippen LogP contribution in [0.5, 0.6) is 0 Å². The lowest BCUT2D eigenvalue weighted by molar-refractivity contribution is 0.282. The molecule has 2 atom stereocenters. The third-order valence-electron chi connectivity index (χ3n) is 9.81.